The zero-order valence-electron chi connectivity index (χ0n) is 16.2. The Kier molecular flexibility index (Phi) is 5.31. The van der Waals surface area contributed by atoms with Crippen LogP contribution in [0.2, 0.25) is 0 Å². The van der Waals surface area contributed by atoms with Crippen LogP contribution >= 0.6 is 11.3 Å². The molecule has 1 fully saturated rings. The van der Waals surface area contributed by atoms with E-state index in [1.54, 1.807) is 35.5 Å². The fourth-order valence-corrected chi connectivity index (χ4v) is 3.98. The van der Waals surface area contributed by atoms with Gasteiger partial charge in [0.15, 0.2) is 0 Å². The number of nitrogens with one attached hydrogen (secondary N) is 1. The standard InChI is InChI=1S/C22H21N3O3S/c1-14-23-20(13-29-14)15-3-5-17(6-4-15)24-22(27)16-11-21(26)25(12-16)18-7-9-19(28-2)10-8-18/h3-10,13,16H,11-12H2,1-2H3,(H,24,27)/t16-/m0/s1. The first kappa shape index (κ1) is 19.1. The molecule has 7 heteroatoms. The smallest absolute Gasteiger partial charge is 0.229 e. The van der Waals surface area contributed by atoms with Gasteiger partial charge in [0.1, 0.15) is 5.75 Å². The highest BCUT2D eigenvalue weighted by Crippen LogP contribution is 2.28. The van der Waals surface area contributed by atoms with Gasteiger partial charge in [-0.15, -0.1) is 11.3 Å². The predicted molar refractivity (Wildman–Crippen MR) is 114 cm³/mol. The summed E-state index contributed by atoms with van der Waals surface area (Å²) in [4.78, 5) is 31.2. The normalized spacial score (nSPS) is 16.1. The quantitative estimate of drug-likeness (QED) is 0.691. The number of aryl methyl sites for hydroxylation is 1. The van der Waals surface area contributed by atoms with Crippen molar-refractivity contribution in [2.45, 2.75) is 13.3 Å². The zero-order chi connectivity index (χ0) is 20.4. The summed E-state index contributed by atoms with van der Waals surface area (Å²) < 4.78 is 5.15. The van der Waals surface area contributed by atoms with E-state index in [2.05, 4.69) is 10.3 Å². The molecule has 2 aromatic carbocycles. The summed E-state index contributed by atoms with van der Waals surface area (Å²) in [5.74, 6) is 0.146. The molecule has 1 aromatic heterocycles. The number of carbonyl (C=O) groups is 2. The Morgan fingerprint density at radius 2 is 1.90 bits per heavy atom. The number of aromatic nitrogens is 1. The average Bonchev–Trinajstić information content (AvgIpc) is 3.34. The topological polar surface area (TPSA) is 71.5 Å². The Morgan fingerprint density at radius 3 is 2.52 bits per heavy atom. The second kappa shape index (κ2) is 8.05. The third-order valence-electron chi connectivity index (χ3n) is 4.95. The summed E-state index contributed by atoms with van der Waals surface area (Å²) in [5, 5.41) is 5.96. The molecule has 0 bridgehead atoms. The summed E-state index contributed by atoms with van der Waals surface area (Å²) in [6, 6.07) is 14.9. The summed E-state index contributed by atoms with van der Waals surface area (Å²) in [6.45, 7) is 2.34. The first-order chi connectivity index (χ1) is 14.0. The van der Waals surface area contributed by atoms with Crippen LogP contribution in [0.4, 0.5) is 11.4 Å². The molecule has 2 amide bonds. The van der Waals surface area contributed by atoms with Gasteiger partial charge in [-0.1, -0.05) is 12.1 Å². The van der Waals surface area contributed by atoms with Gasteiger partial charge in [0.2, 0.25) is 11.8 Å². The molecule has 1 atom stereocenters. The van der Waals surface area contributed by atoms with Gasteiger partial charge in [0.25, 0.3) is 0 Å². The number of amides is 2. The predicted octanol–water partition coefficient (Wildman–Crippen LogP) is 4.12. The van der Waals surface area contributed by atoms with Crippen LogP contribution < -0.4 is 15.0 Å². The lowest BCUT2D eigenvalue weighted by Gasteiger charge is -2.17. The molecular formula is C22H21N3O3S. The van der Waals surface area contributed by atoms with Crippen molar-refractivity contribution >= 4 is 34.5 Å². The number of ether oxygens (including phenoxy) is 1. The van der Waals surface area contributed by atoms with Crippen LogP contribution in [0, 0.1) is 12.8 Å². The van der Waals surface area contributed by atoms with Gasteiger partial charge in [0.05, 0.1) is 23.7 Å². The van der Waals surface area contributed by atoms with Crippen molar-refractivity contribution in [1.82, 2.24) is 4.98 Å². The molecule has 0 spiro atoms. The molecule has 1 aliphatic rings. The van der Waals surface area contributed by atoms with Crippen LogP contribution in [0.3, 0.4) is 0 Å². The lowest BCUT2D eigenvalue weighted by Crippen LogP contribution is -2.28. The van der Waals surface area contributed by atoms with Crippen LogP contribution in [0.25, 0.3) is 11.3 Å². The van der Waals surface area contributed by atoms with Crippen molar-refractivity contribution < 1.29 is 14.3 Å². The molecule has 4 rings (SSSR count). The maximum atomic E-state index is 12.7. The monoisotopic (exact) mass is 407 g/mol. The lowest BCUT2D eigenvalue weighted by atomic mass is 10.1. The number of benzene rings is 2. The van der Waals surface area contributed by atoms with Crippen molar-refractivity contribution in [1.29, 1.82) is 0 Å². The van der Waals surface area contributed by atoms with E-state index < -0.39 is 0 Å². The Bertz CT molecular complexity index is 1030. The molecule has 1 N–H and O–H groups in total. The fourth-order valence-electron chi connectivity index (χ4n) is 3.36. The highest BCUT2D eigenvalue weighted by atomic mass is 32.1. The highest BCUT2D eigenvalue weighted by Gasteiger charge is 2.35. The molecular weight excluding hydrogens is 386 g/mol. The number of rotatable bonds is 5. The number of anilines is 2. The molecule has 0 unspecified atom stereocenters. The van der Waals surface area contributed by atoms with Crippen molar-refractivity contribution in [3.8, 4) is 17.0 Å². The van der Waals surface area contributed by atoms with Gasteiger partial charge in [-0.05, 0) is 43.3 Å². The highest BCUT2D eigenvalue weighted by molar-refractivity contribution is 7.09. The largest absolute Gasteiger partial charge is 0.497 e. The van der Waals surface area contributed by atoms with Gasteiger partial charge >= 0.3 is 0 Å². The summed E-state index contributed by atoms with van der Waals surface area (Å²) in [6.07, 6.45) is 0.202. The Hall–Kier alpha value is -3.19. The van der Waals surface area contributed by atoms with E-state index >= 15 is 0 Å². The minimum absolute atomic E-state index is 0.0513. The number of thiazole rings is 1. The average molecular weight is 407 g/mol. The minimum Gasteiger partial charge on any atom is -0.497 e. The van der Waals surface area contributed by atoms with Crippen molar-refractivity contribution in [3.63, 3.8) is 0 Å². The Balaban J connectivity index is 1.40. The van der Waals surface area contributed by atoms with E-state index in [0.29, 0.717) is 12.2 Å². The third kappa shape index (κ3) is 4.14. The third-order valence-corrected chi connectivity index (χ3v) is 5.72. The Labute approximate surface area is 173 Å². The van der Waals surface area contributed by atoms with E-state index in [4.69, 9.17) is 4.74 Å². The van der Waals surface area contributed by atoms with Crippen molar-refractivity contribution in [2.24, 2.45) is 5.92 Å². The van der Waals surface area contributed by atoms with Gasteiger partial charge in [-0.2, -0.15) is 0 Å². The molecule has 148 valence electrons. The van der Waals surface area contributed by atoms with Crippen LogP contribution in [0.5, 0.6) is 5.75 Å². The number of nitrogens with zero attached hydrogens (tertiary/aromatic N) is 2. The van der Waals surface area contributed by atoms with E-state index in [1.807, 2.05) is 48.7 Å². The van der Waals surface area contributed by atoms with Crippen molar-refractivity contribution in [3.05, 3.63) is 58.9 Å². The summed E-state index contributed by atoms with van der Waals surface area (Å²) >= 11 is 1.61. The molecule has 3 aromatic rings. The number of hydrogen-bond donors (Lipinski definition) is 1. The minimum atomic E-state index is -0.384. The van der Waals surface area contributed by atoms with Gasteiger partial charge < -0.3 is 15.0 Å². The SMILES string of the molecule is COc1ccc(N2C[C@@H](C(=O)Nc3ccc(-c4csc(C)n4)cc3)CC2=O)cc1. The van der Waals surface area contributed by atoms with Crippen molar-refractivity contribution in [2.75, 3.05) is 23.9 Å². The van der Waals surface area contributed by atoms with Crippen LogP contribution in [0.15, 0.2) is 53.9 Å². The maximum Gasteiger partial charge on any atom is 0.229 e. The second-order valence-electron chi connectivity index (χ2n) is 6.92. The van der Waals surface area contributed by atoms with E-state index in [0.717, 1.165) is 27.7 Å². The van der Waals surface area contributed by atoms with Gasteiger partial charge in [-0.3, -0.25) is 9.59 Å². The number of methoxy groups -OCH3 is 1. The molecule has 2 heterocycles. The van der Waals surface area contributed by atoms with E-state index in [9.17, 15) is 9.59 Å². The molecule has 1 saturated heterocycles. The second-order valence-corrected chi connectivity index (χ2v) is 7.98. The first-order valence-electron chi connectivity index (χ1n) is 9.31. The molecule has 6 nitrogen and oxygen atoms in total. The number of hydrogen-bond acceptors (Lipinski definition) is 5. The maximum absolute atomic E-state index is 12.7. The van der Waals surface area contributed by atoms with Crippen LogP contribution in [-0.2, 0) is 9.59 Å². The molecule has 1 aliphatic heterocycles. The van der Waals surface area contributed by atoms with Crippen LogP contribution in [0.1, 0.15) is 11.4 Å². The molecule has 0 radical (unpaired) electrons. The summed E-state index contributed by atoms with van der Waals surface area (Å²) in [5.41, 5.74) is 3.42. The van der Waals surface area contributed by atoms with Gasteiger partial charge in [-0.25, -0.2) is 4.98 Å². The fraction of sp³-hybridized carbons (Fsp3) is 0.227. The lowest BCUT2D eigenvalue weighted by molar-refractivity contribution is -0.122. The summed E-state index contributed by atoms with van der Waals surface area (Å²) in [7, 11) is 1.60. The molecule has 0 aliphatic carbocycles. The molecule has 0 saturated carbocycles. The zero-order valence-corrected chi connectivity index (χ0v) is 17.0. The number of carbonyl (C=O) groups excluding carboxylic acids is 2. The van der Waals surface area contributed by atoms with Gasteiger partial charge in [0, 0.05) is 35.3 Å². The van der Waals surface area contributed by atoms with E-state index in [-0.39, 0.29) is 24.2 Å². The van der Waals surface area contributed by atoms with Crippen LogP contribution in [-0.4, -0.2) is 30.5 Å². The Morgan fingerprint density at radius 1 is 1.17 bits per heavy atom. The van der Waals surface area contributed by atoms with E-state index in [1.165, 1.54) is 0 Å². The first-order valence-corrected chi connectivity index (χ1v) is 10.2. The molecule has 29 heavy (non-hydrogen) atoms.